The third-order valence-corrected chi connectivity index (χ3v) is 10.6. The van der Waals surface area contributed by atoms with E-state index < -0.39 is 0 Å². The van der Waals surface area contributed by atoms with Crippen molar-refractivity contribution in [3.63, 3.8) is 0 Å². The molecule has 274 valence electrons. The number of rotatable bonds is 9. The molecule has 0 aliphatic heterocycles. The molecule has 5 aromatic carbocycles. The van der Waals surface area contributed by atoms with E-state index in [4.69, 9.17) is 4.98 Å². The molecule has 0 N–H and O–H groups in total. The molecule has 2 heteroatoms. The summed E-state index contributed by atoms with van der Waals surface area (Å²) in [6, 6.07) is 40.9. The Bertz CT molecular complexity index is 2070. The van der Waals surface area contributed by atoms with Gasteiger partial charge in [-0.2, -0.15) is 0 Å². The van der Waals surface area contributed by atoms with E-state index in [2.05, 4.69) is 203 Å². The van der Waals surface area contributed by atoms with Gasteiger partial charge >= 0.3 is 0 Å². The first-order valence-corrected chi connectivity index (χ1v) is 19.4. The van der Waals surface area contributed by atoms with Crippen LogP contribution in [0.1, 0.15) is 104 Å². The van der Waals surface area contributed by atoms with Crippen molar-refractivity contribution < 1.29 is 0 Å². The highest BCUT2D eigenvalue weighted by molar-refractivity contribution is 5.82. The van der Waals surface area contributed by atoms with E-state index in [1.807, 2.05) is 6.20 Å². The Morgan fingerprint density at radius 1 is 0.453 bits per heavy atom. The van der Waals surface area contributed by atoms with Crippen LogP contribution in [0.5, 0.6) is 0 Å². The summed E-state index contributed by atoms with van der Waals surface area (Å²) < 4.78 is 2.23. The van der Waals surface area contributed by atoms with Gasteiger partial charge in [0.2, 0.25) is 0 Å². The lowest BCUT2D eigenvalue weighted by molar-refractivity contribution is 0.283. The minimum atomic E-state index is 0.0959. The molecule has 1 aromatic heterocycles. The number of benzene rings is 5. The monoisotopic (exact) mass is 700 g/mol. The molecule has 0 spiro atoms. The first-order valence-electron chi connectivity index (χ1n) is 19.4. The molecule has 2 nitrogen and oxygen atoms in total. The fourth-order valence-electron chi connectivity index (χ4n) is 9.00. The summed E-state index contributed by atoms with van der Waals surface area (Å²) in [6.07, 6.45) is 6.23. The number of aromatic nitrogens is 2. The van der Waals surface area contributed by atoms with Crippen LogP contribution in [0, 0.1) is 24.7 Å². The van der Waals surface area contributed by atoms with Crippen LogP contribution in [-0.2, 0) is 10.8 Å². The van der Waals surface area contributed by atoms with Crippen molar-refractivity contribution in [2.24, 2.45) is 10.8 Å². The second-order valence-electron chi connectivity index (χ2n) is 19.1. The summed E-state index contributed by atoms with van der Waals surface area (Å²) in [5.41, 5.74) is 15.6. The Labute approximate surface area is 320 Å². The summed E-state index contributed by atoms with van der Waals surface area (Å²) in [4.78, 5) is 4.76. The van der Waals surface area contributed by atoms with Crippen molar-refractivity contribution >= 4 is 0 Å². The van der Waals surface area contributed by atoms with Gasteiger partial charge in [0.15, 0.2) is 0 Å². The third kappa shape index (κ3) is 8.76. The second-order valence-corrected chi connectivity index (χ2v) is 19.1. The highest BCUT2D eigenvalue weighted by Crippen LogP contribution is 2.41. The van der Waals surface area contributed by atoms with Gasteiger partial charge in [-0.1, -0.05) is 148 Å². The van der Waals surface area contributed by atoms with Crippen LogP contribution in [0.25, 0.3) is 50.5 Å². The second kappa shape index (κ2) is 14.3. The highest BCUT2D eigenvalue weighted by atomic mass is 15.1. The Balaban J connectivity index is 1.44. The Kier molecular flexibility index (Phi) is 10.2. The average molecular weight is 701 g/mol. The van der Waals surface area contributed by atoms with Gasteiger partial charge in [0.05, 0.1) is 5.69 Å². The topological polar surface area (TPSA) is 17.8 Å². The van der Waals surface area contributed by atoms with Crippen molar-refractivity contribution in [1.82, 2.24) is 9.55 Å². The molecule has 0 atom stereocenters. The van der Waals surface area contributed by atoms with Gasteiger partial charge in [0.25, 0.3) is 0 Å². The van der Waals surface area contributed by atoms with Crippen LogP contribution in [0.15, 0.2) is 122 Å². The van der Waals surface area contributed by atoms with Gasteiger partial charge < -0.3 is 0 Å². The zero-order valence-electron chi connectivity index (χ0n) is 34.4. The minimum Gasteiger partial charge on any atom is -0.299 e. The lowest BCUT2D eigenvalue weighted by Gasteiger charge is -2.33. The third-order valence-electron chi connectivity index (χ3n) is 10.6. The number of nitrogens with zero attached hydrogens (tertiary/aromatic N) is 2. The van der Waals surface area contributed by atoms with Crippen LogP contribution >= 0.6 is 0 Å². The zero-order valence-corrected chi connectivity index (χ0v) is 34.4. The minimum absolute atomic E-state index is 0.0959. The molecule has 1 heterocycles. The molecule has 0 radical (unpaired) electrons. The smallest absolute Gasteiger partial charge is 0.144 e. The standard InChI is InChI=1S/C51H60N2/c1-35-28-40(29-36(2)46(35)53-27-26-52-47(53)39-16-14-13-15-17-39)43-31-41(37-18-22-44(23-19-37)50(9,10)33-48(3,4)5)30-42(32-43)38-20-24-45(25-21-38)51(11,12)34-49(6,7)8/h13-32H,33-34H2,1-12H3. The fourth-order valence-corrected chi connectivity index (χ4v) is 9.00. The van der Waals surface area contributed by atoms with Gasteiger partial charge in [-0.3, -0.25) is 4.57 Å². The van der Waals surface area contributed by atoms with E-state index in [1.165, 1.54) is 61.3 Å². The van der Waals surface area contributed by atoms with Crippen molar-refractivity contribution in [3.8, 4) is 50.5 Å². The summed E-state index contributed by atoms with van der Waals surface area (Å²) in [6.45, 7) is 28.0. The number of hydrogen-bond donors (Lipinski definition) is 0. The first kappa shape index (κ1) is 38.0. The predicted octanol–water partition coefficient (Wildman–Crippen LogP) is 14.6. The Morgan fingerprint density at radius 3 is 1.26 bits per heavy atom. The Morgan fingerprint density at radius 2 is 0.849 bits per heavy atom. The van der Waals surface area contributed by atoms with Crippen LogP contribution in [-0.4, -0.2) is 9.55 Å². The van der Waals surface area contributed by atoms with E-state index in [-0.39, 0.29) is 21.7 Å². The molecule has 0 bridgehead atoms. The van der Waals surface area contributed by atoms with Crippen molar-refractivity contribution in [3.05, 3.63) is 144 Å². The van der Waals surface area contributed by atoms with Gasteiger partial charge in [-0.15, -0.1) is 0 Å². The van der Waals surface area contributed by atoms with E-state index in [0.29, 0.717) is 0 Å². The van der Waals surface area contributed by atoms with E-state index in [9.17, 15) is 0 Å². The maximum absolute atomic E-state index is 4.76. The Hall–Kier alpha value is -4.69. The van der Waals surface area contributed by atoms with Gasteiger partial charge in [0.1, 0.15) is 5.82 Å². The van der Waals surface area contributed by atoms with Crippen LogP contribution in [0.4, 0.5) is 0 Å². The molecule has 0 aliphatic rings. The summed E-state index contributed by atoms with van der Waals surface area (Å²) >= 11 is 0. The SMILES string of the molecule is Cc1cc(-c2cc(-c3ccc(C(C)(C)CC(C)(C)C)cc3)cc(-c3ccc(C(C)(C)CC(C)(C)C)cc3)c2)cc(C)c1-n1ccnc1-c1ccccc1. The normalized spacial score (nSPS) is 12.7. The molecule has 0 saturated heterocycles. The first-order chi connectivity index (χ1) is 24.8. The van der Waals surface area contributed by atoms with Crippen molar-refractivity contribution in [1.29, 1.82) is 0 Å². The average Bonchev–Trinajstić information content (AvgIpc) is 3.56. The zero-order chi connectivity index (χ0) is 38.3. The van der Waals surface area contributed by atoms with Crippen molar-refractivity contribution in [2.75, 3.05) is 0 Å². The maximum atomic E-state index is 4.76. The molecule has 0 unspecified atom stereocenters. The number of hydrogen-bond acceptors (Lipinski definition) is 1. The van der Waals surface area contributed by atoms with Gasteiger partial charge in [-0.25, -0.2) is 4.98 Å². The fraction of sp³-hybridized carbons (Fsp3) is 0.353. The van der Waals surface area contributed by atoms with Gasteiger partial charge in [0, 0.05) is 18.0 Å². The molecule has 0 aliphatic carbocycles. The molecule has 0 amide bonds. The van der Waals surface area contributed by atoms with Crippen molar-refractivity contribution in [2.45, 2.75) is 107 Å². The van der Waals surface area contributed by atoms with Crippen LogP contribution in [0.3, 0.4) is 0 Å². The van der Waals surface area contributed by atoms with Crippen LogP contribution < -0.4 is 0 Å². The quantitative estimate of drug-likeness (QED) is 0.147. The molecule has 6 aromatic rings. The van der Waals surface area contributed by atoms with E-state index in [0.717, 1.165) is 24.2 Å². The van der Waals surface area contributed by atoms with Gasteiger partial charge in [-0.05, 0) is 134 Å². The maximum Gasteiger partial charge on any atom is 0.144 e. The lowest BCUT2D eigenvalue weighted by Crippen LogP contribution is -2.24. The molecule has 6 rings (SSSR count). The summed E-state index contributed by atoms with van der Waals surface area (Å²) in [5.74, 6) is 0.956. The number of aryl methyl sites for hydroxylation is 2. The predicted molar refractivity (Wildman–Crippen MR) is 229 cm³/mol. The molecular formula is C51H60N2. The van der Waals surface area contributed by atoms with E-state index >= 15 is 0 Å². The van der Waals surface area contributed by atoms with Crippen LogP contribution in [0.2, 0.25) is 0 Å². The molecule has 53 heavy (non-hydrogen) atoms. The molecule has 0 saturated carbocycles. The lowest BCUT2D eigenvalue weighted by atomic mass is 9.72. The summed E-state index contributed by atoms with van der Waals surface area (Å²) in [7, 11) is 0. The molecule has 0 fully saturated rings. The number of imidazole rings is 1. The van der Waals surface area contributed by atoms with E-state index in [1.54, 1.807) is 0 Å². The largest absolute Gasteiger partial charge is 0.299 e. The molecular weight excluding hydrogens is 641 g/mol. The summed E-state index contributed by atoms with van der Waals surface area (Å²) in [5, 5.41) is 0. The highest BCUT2D eigenvalue weighted by Gasteiger charge is 2.28.